The van der Waals surface area contributed by atoms with Crippen LogP contribution in [0.25, 0.3) is 5.52 Å². The monoisotopic (exact) mass is 344 g/mol. The molecule has 1 amide bonds. The summed E-state index contributed by atoms with van der Waals surface area (Å²) in [6.45, 7) is 4.00. The maximum atomic E-state index is 11.4. The van der Waals surface area contributed by atoms with Crippen molar-refractivity contribution in [2.75, 3.05) is 11.9 Å². The molecule has 4 rings (SSSR count). The fourth-order valence-electron chi connectivity index (χ4n) is 3.78. The molecular formula is C21H20N4O. The van der Waals surface area contributed by atoms with Crippen LogP contribution >= 0.6 is 0 Å². The third-order valence-corrected chi connectivity index (χ3v) is 4.92. The quantitative estimate of drug-likeness (QED) is 0.793. The number of rotatable bonds is 3. The first-order valence-corrected chi connectivity index (χ1v) is 8.75. The predicted molar refractivity (Wildman–Crippen MR) is 101 cm³/mol. The summed E-state index contributed by atoms with van der Waals surface area (Å²) in [6, 6.07) is 14.3. The molecule has 5 heteroatoms. The first-order chi connectivity index (χ1) is 12.7. The lowest BCUT2D eigenvalue weighted by atomic mass is 9.97. The molecule has 26 heavy (non-hydrogen) atoms. The molecule has 0 saturated carbocycles. The molecule has 0 fully saturated rings. The molecule has 0 aliphatic carbocycles. The number of benzene rings is 1. The molecule has 5 nitrogen and oxygen atoms in total. The predicted octanol–water partition coefficient (Wildman–Crippen LogP) is 3.33. The Bertz CT molecular complexity index is 1030. The van der Waals surface area contributed by atoms with Gasteiger partial charge in [-0.1, -0.05) is 18.2 Å². The maximum absolute atomic E-state index is 11.4. The Labute approximate surface area is 152 Å². The van der Waals surface area contributed by atoms with Gasteiger partial charge in [0, 0.05) is 50.2 Å². The first-order valence-electron chi connectivity index (χ1n) is 8.75. The second-order valence-corrected chi connectivity index (χ2v) is 6.72. The second kappa shape index (κ2) is 6.66. The molecule has 1 N–H and O–H groups in total. The highest BCUT2D eigenvalue weighted by atomic mass is 16.1. The number of pyridine rings is 1. The average Bonchev–Trinajstić information content (AvgIpc) is 2.98. The van der Waals surface area contributed by atoms with Crippen LogP contribution in [-0.4, -0.2) is 21.8 Å². The number of nitrogens with one attached hydrogen (secondary N) is 1. The summed E-state index contributed by atoms with van der Waals surface area (Å²) < 4.78 is 2.01. The van der Waals surface area contributed by atoms with E-state index in [1.165, 1.54) is 18.1 Å². The summed E-state index contributed by atoms with van der Waals surface area (Å²) in [5.74, 6) is -0.0417. The van der Waals surface area contributed by atoms with E-state index in [0.717, 1.165) is 48.4 Å². The van der Waals surface area contributed by atoms with Crippen molar-refractivity contribution in [2.45, 2.75) is 26.4 Å². The highest BCUT2D eigenvalue weighted by Gasteiger charge is 2.21. The molecule has 0 atom stereocenters. The summed E-state index contributed by atoms with van der Waals surface area (Å²) in [7, 11) is 0. The fourth-order valence-corrected chi connectivity index (χ4v) is 3.78. The number of hydrogen-bond acceptors (Lipinski definition) is 3. The number of nitrogens with zero attached hydrogens (tertiary/aromatic N) is 3. The lowest BCUT2D eigenvalue weighted by Crippen LogP contribution is -2.30. The standard InChI is InChI=1S/C21H20N4O/c1-15(26)23-20-6-4-5-16-12-24(10-8-18(16)20)13-17-14-25-9-3-2-7-21(25)19(17)11-22/h2-7,9,14H,8,10,12-13H2,1H3,(H,23,26). The number of amides is 1. The smallest absolute Gasteiger partial charge is 0.221 e. The summed E-state index contributed by atoms with van der Waals surface area (Å²) in [6.07, 6.45) is 4.92. The van der Waals surface area contributed by atoms with E-state index in [0.29, 0.717) is 0 Å². The van der Waals surface area contributed by atoms with E-state index in [-0.39, 0.29) is 5.91 Å². The summed E-state index contributed by atoms with van der Waals surface area (Å²) in [5, 5.41) is 12.5. The minimum atomic E-state index is -0.0417. The van der Waals surface area contributed by atoms with Gasteiger partial charge < -0.3 is 9.72 Å². The molecule has 0 bridgehead atoms. The summed E-state index contributed by atoms with van der Waals surface area (Å²) in [5.41, 5.74) is 6.15. The number of aromatic nitrogens is 1. The van der Waals surface area contributed by atoms with E-state index < -0.39 is 0 Å². The minimum absolute atomic E-state index is 0.0417. The van der Waals surface area contributed by atoms with Crippen molar-refractivity contribution in [1.82, 2.24) is 9.30 Å². The van der Waals surface area contributed by atoms with Crippen molar-refractivity contribution in [3.8, 4) is 6.07 Å². The Hall–Kier alpha value is -3.10. The summed E-state index contributed by atoms with van der Waals surface area (Å²) in [4.78, 5) is 13.8. The molecule has 3 aromatic rings. The fraction of sp³-hybridized carbons (Fsp3) is 0.238. The topological polar surface area (TPSA) is 60.5 Å². The zero-order valence-electron chi connectivity index (χ0n) is 14.7. The summed E-state index contributed by atoms with van der Waals surface area (Å²) >= 11 is 0. The van der Waals surface area contributed by atoms with E-state index in [2.05, 4.69) is 28.5 Å². The molecule has 3 heterocycles. The SMILES string of the molecule is CC(=O)Nc1cccc2c1CCN(Cc1cn3ccccc3c1C#N)C2. The number of fused-ring (bicyclic) bond motifs is 2. The first kappa shape index (κ1) is 16.4. The Balaban J connectivity index is 1.59. The zero-order valence-corrected chi connectivity index (χ0v) is 14.7. The second-order valence-electron chi connectivity index (χ2n) is 6.72. The van der Waals surface area contributed by atoms with Crippen molar-refractivity contribution < 1.29 is 4.79 Å². The molecule has 0 unspecified atom stereocenters. The van der Waals surface area contributed by atoms with Crippen LogP contribution in [0, 0.1) is 11.3 Å². The Morgan fingerprint density at radius 3 is 2.96 bits per heavy atom. The van der Waals surface area contributed by atoms with E-state index in [1.807, 2.05) is 40.9 Å². The Morgan fingerprint density at radius 1 is 1.27 bits per heavy atom. The molecule has 1 aliphatic heterocycles. The third-order valence-electron chi connectivity index (χ3n) is 4.92. The molecular weight excluding hydrogens is 324 g/mol. The van der Waals surface area contributed by atoms with Crippen molar-refractivity contribution in [2.24, 2.45) is 0 Å². The van der Waals surface area contributed by atoms with Crippen molar-refractivity contribution in [3.05, 3.63) is 71.0 Å². The van der Waals surface area contributed by atoms with Gasteiger partial charge >= 0.3 is 0 Å². The van der Waals surface area contributed by atoms with Crippen molar-refractivity contribution in [1.29, 1.82) is 5.26 Å². The molecule has 0 spiro atoms. The van der Waals surface area contributed by atoms with Gasteiger partial charge in [0.15, 0.2) is 0 Å². The van der Waals surface area contributed by atoms with Crippen LogP contribution in [0.15, 0.2) is 48.8 Å². The van der Waals surface area contributed by atoms with Gasteiger partial charge in [0.2, 0.25) is 5.91 Å². The van der Waals surface area contributed by atoms with Gasteiger partial charge in [-0.3, -0.25) is 9.69 Å². The van der Waals surface area contributed by atoms with E-state index in [9.17, 15) is 10.1 Å². The zero-order chi connectivity index (χ0) is 18.1. The normalized spacial score (nSPS) is 14.0. The van der Waals surface area contributed by atoms with Crippen LogP contribution < -0.4 is 5.32 Å². The Morgan fingerprint density at radius 2 is 2.15 bits per heavy atom. The van der Waals surface area contributed by atoms with Crippen molar-refractivity contribution in [3.63, 3.8) is 0 Å². The largest absolute Gasteiger partial charge is 0.326 e. The van der Waals surface area contributed by atoms with Gasteiger partial charge in [0.05, 0.1) is 11.1 Å². The van der Waals surface area contributed by atoms with Gasteiger partial charge in [-0.15, -0.1) is 0 Å². The number of hydrogen-bond donors (Lipinski definition) is 1. The van der Waals surface area contributed by atoms with E-state index >= 15 is 0 Å². The minimum Gasteiger partial charge on any atom is -0.326 e. The van der Waals surface area contributed by atoms with Crippen LogP contribution in [0.4, 0.5) is 5.69 Å². The lowest BCUT2D eigenvalue weighted by molar-refractivity contribution is -0.114. The van der Waals surface area contributed by atoms with Gasteiger partial charge in [-0.05, 0) is 35.7 Å². The number of nitriles is 1. The molecule has 2 aromatic heterocycles. The number of carbonyl (C=O) groups is 1. The highest BCUT2D eigenvalue weighted by molar-refractivity contribution is 5.89. The van der Waals surface area contributed by atoms with Crippen LogP contribution in [-0.2, 0) is 24.3 Å². The average molecular weight is 344 g/mol. The van der Waals surface area contributed by atoms with Gasteiger partial charge in [-0.2, -0.15) is 5.26 Å². The van der Waals surface area contributed by atoms with E-state index in [1.54, 1.807) is 0 Å². The Kier molecular flexibility index (Phi) is 4.19. The van der Waals surface area contributed by atoms with Gasteiger partial charge in [0.25, 0.3) is 0 Å². The third kappa shape index (κ3) is 2.96. The van der Waals surface area contributed by atoms with Crippen LogP contribution in [0.5, 0.6) is 0 Å². The molecule has 1 aliphatic rings. The van der Waals surface area contributed by atoms with Crippen LogP contribution in [0.2, 0.25) is 0 Å². The number of anilines is 1. The van der Waals surface area contributed by atoms with E-state index in [4.69, 9.17) is 0 Å². The van der Waals surface area contributed by atoms with Crippen LogP contribution in [0.1, 0.15) is 29.2 Å². The lowest BCUT2D eigenvalue weighted by Gasteiger charge is -2.30. The maximum Gasteiger partial charge on any atom is 0.221 e. The molecule has 0 saturated heterocycles. The number of carbonyl (C=O) groups excluding carboxylic acids is 1. The van der Waals surface area contributed by atoms with Crippen molar-refractivity contribution >= 4 is 17.1 Å². The van der Waals surface area contributed by atoms with Crippen LogP contribution in [0.3, 0.4) is 0 Å². The molecule has 0 radical (unpaired) electrons. The van der Waals surface area contributed by atoms with Gasteiger partial charge in [0.1, 0.15) is 6.07 Å². The van der Waals surface area contributed by atoms with Gasteiger partial charge in [-0.25, -0.2) is 0 Å². The molecule has 130 valence electrons. The molecule has 1 aromatic carbocycles. The highest BCUT2D eigenvalue weighted by Crippen LogP contribution is 2.28.